The summed E-state index contributed by atoms with van der Waals surface area (Å²) in [5.41, 5.74) is 5.56. The summed E-state index contributed by atoms with van der Waals surface area (Å²) in [4.78, 5) is 0. The number of fused-ring (bicyclic) bond motifs is 15. The average Bonchev–Trinajstić information content (AvgIpc) is 3.43. The first-order chi connectivity index (χ1) is 14.8. The molecule has 0 N–H and O–H groups in total. The van der Waals surface area contributed by atoms with Gasteiger partial charge in [0.1, 0.15) is 0 Å². The minimum Gasteiger partial charge on any atom is -0.315 e. The molecular formula is C24H18O6. The number of hydrogen-bond acceptors (Lipinski definition) is 6. The van der Waals surface area contributed by atoms with Gasteiger partial charge in [-0.05, 0) is 0 Å². The summed E-state index contributed by atoms with van der Waals surface area (Å²) in [7, 11) is 0. The van der Waals surface area contributed by atoms with E-state index in [1.165, 1.54) is 0 Å². The van der Waals surface area contributed by atoms with Crippen molar-refractivity contribution in [1.82, 2.24) is 0 Å². The summed E-state index contributed by atoms with van der Waals surface area (Å²) in [6.07, 6.45) is -3.70. The fourth-order valence-corrected chi connectivity index (χ4v) is 4.57. The number of rotatable bonds is 0. The lowest BCUT2D eigenvalue weighted by Gasteiger charge is -2.24. The highest BCUT2D eigenvalue weighted by Gasteiger charge is 2.45. The Hall–Kier alpha value is -2.58. The third-order valence-corrected chi connectivity index (χ3v) is 5.99. The van der Waals surface area contributed by atoms with Gasteiger partial charge in [0.15, 0.2) is 37.7 Å². The van der Waals surface area contributed by atoms with Gasteiger partial charge in [-0.25, -0.2) is 0 Å². The maximum atomic E-state index is 6.28. The normalized spacial score (nSPS) is 33.2. The lowest BCUT2D eigenvalue weighted by atomic mass is 10.1. The summed E-state index contributed by atoms with van der Waals surface area (Å²) in [5.74, 6) is 0. The van der Waals surface area contributed by atoms with Gasteiger partial charge in [0.25, 0.3) is 0 Å². The fourth-order valence-electron chi connectivity index (χ4n) is 4.57. The Balaban J connectivity index is 1.38. The summed E-state index contributed by atoms with van der Waals surface area (Å²) in [5, 5.41) is 0. The molecule has 4 aliphatic rings. The predicted molar refractivity (Wildman–Crippen MR) is 102 cm³/mol. The topological polar surface area (TPSA) is 55.4 Å². The quantitative estimate of drug-likeness (QED) is 0.513. The molecule has 0 atom stereocenters. The predicted octanol–water partition coefficient (Wildman–Crippen LogP) is 5.23. The van der Waals surface area contributed by atoms with Gasteiger partial charge >= 0.3 is 0 Å². The van der Waals surface area contributed by atoms with E-state index < -0.39 is 37.7 Å². The maximum Gasteiger partial charge on any atom is 0.191 e. The van der Waals surface area contributed by atoms with Crippen molar-refractivity contribution < 1.29 is 28.4 Å². The molecule has 0 unspecified atom stereocenters. The van der Waals surface area contributed by atoms with E-state index in [-0.39, 0.29) is 0 Å². The van der Waals surface area contributed by atoms with Gasteiger partial charge in [-0.3, -0.25) is 0 Å². The highest BCUT2D eigenvalue weighted by molar-refractivity contribution is 5.36. The van der Waals surface area contributed by atoms with Crippen LogP contribution >= 0.6 is 0 Å². The van der Waals surface area contributed by atoms with Crippen molar-refractivity contribution in [1.29, 1.82) is 0 Å². The SMILES string of the molecule is c1ccc2c(c1)C1OC2OC2OC(OC3OC(O1)c1ccccc13)c1ccccc12. The molecule has 3 aromatic rings. The van der Waals surface area contributed by atoms with E-state index in [1.807, 2.05) is 72.8 Å². The van der Waals surface area contributed by atoms with Gasteiger partial charge in [0.05, 0.1) is 0 Å². The zero-order valence-corrected chi connectivity index (χ0v) is 15.8. The second-order valence-electron chi connectivity index (χ2n) is 7.69. The highest BCUT2D eigenvalue weighted by Crippen LogP contribution is 2.53. The molecule has 0 saturated carbocycles. The minimum absolute atomic E-state index is 0.616. The molecule has 0 aliphatic carbocycles. The molecule has 0 radical (unpaired) electrons. The van der Waals surface area contributed by atoms with E-state index in [4.69, 9.17) is 28.4 Å². The molecule has 7 rings (SSSR count). The summed E-state index contributed by atoms with van der Waals surface area (Å²) >= 11 is 0. The molecule has 0 amide bonds. The van der Waals surface area contributed by atoms with Gasteiger partial charge < -0.3 is 28.4 Å². The van der Waals surface area contributed by atoms with Crippen molar-refractivity contribution in [3.05, 3.63) is 106 Å². The van der Waals surface area contributed by atoms with Crippen LogP contribution in [-0.4, -0.2) is 0 Å². The molecule has 0 spiro atoms. The van der Waals surface area contributed by atoms with Crippen LogP contribution < -0.4 is 0 Å². The summed E-state index contributed by atoms with van der Waals surface area (Å²) in [6.45, 7) is 0. The van der Waals surface area contributed by atoms with E-state index in [0.717, 1.165) is 33.4 Å². The third-order valence-electron chi connectivity index (χ3n) is 5.99. The second kappa shape index (κ2) is 6.46. The molecule has 150 valence electrons. The van der Waals surface area contributed by atoms with Crippen LogP contribution in [0.4, 0.5) is 0 Å². The molecule has 0 aromatic heterocycles. The highest BCUT2D eigenvalue weighted by atomic mass is 16.9. The van der Waals surface area contributed by atoms with Crippen LogP contribution in [0.1, 0.15) is 71.1 Å². The maximum absolute atomic E-state index is 6.28. The van der Waals surface area contributed by atoms with Crippen molar-refractivity contribution in [2.75, 3.05) is 0 Å². The van der Waals surface area contributed by atoms with Crippen molar-refractivity contribution >= 4 is 0 Å². The van der Waals surface area contributed by atoms with E-state index in [1.54, 1.807) is 0 Å². The molecule has 6 nitrogen and oxygen atoms in total. The van der Waals surface area contributed by atoms with E-state index >= 15 is 0 Å². The van der Waals surface area contributed by atoms with E-state index in [0.29, 0.717) is 0 Å². The van der Waals surface area contributed by atoms with Gasteiger partial charge in [-0.2, -0.15) is 0 Å². The largest absolute Gasteiger partial charge is 0.315 e. The van der Waals surface area contributed by atoms with Crippen LogP contribution in [0.5, 0.6) is 0 Å². The van der Waals surface area contributed by atoms with Crippen LogP contribution in [0.15, 0.2) is 72.8 Å². The first-order valence-corrected chi connectivity index (χ1v) is 10.0. The molecule has 1 fully saturated rings. The van der Waals surface area contributed by atoms with Crippen molar-refractivity contribution in [3.8, 4) is 0 Å². The smallest absolute Gasteiger partial charge is 0.191 e. The molecule has 6 bridgehead atoms. The Morgan fingerprint density at radius 2 is 0.467 bits per heavy atom. The minimum atomic E-state index is -0.616. The lowest BCUT2D eigenvalue weighted by molar-refractivity contribution is -0.375. The average molecular weight is 402 g/mol. The molecular weight excluding hydrogens is 384 g/mol. The van der Waals surface area contributed by atoms with Gasteiger partial charge in [-0.1, -0.05) is 72.8 Å². The monoisotopic (exact) mass is 402 g/mol. The molecule has 6 heteroatoms. The Morgan fingerprint density at radius 1 is 0.300 bits per heavy atom. The van der Waals surface area contributed by atoms with E-state index in [2.05, 4.69) is 0 Å². The van der Waals surface area contributed by atoms with Crippen LogP contribution in [0.2, 0.25) is 0 Å². The molecule has 1 saturated heterocycles. The number of ether oxygens (including phenoxy) is 6. The van der Waals surface area contributed by atoms with Crippen LogP contribution in [0.25, 0.3) is 0 Å². The third kappa shape index (κ3) is 2.46. The Kier molecular flexibility index (Phi) is 3.69. The van der Waals surface area contributed by atoms with Crippen molar-refractivity contribution in [2.24, 2.45) is 0 Å². The molecule has 4 heterocycles. The number of hydrogen-bond donors (Lipinski definition) is 0. The molecule has 30 heavy (non-hydrogen) atoms. The second-order valence-corrected chi connectivity index (χ2v) is 7.69. The van der Waals surface area contributed by atoms with Crippen LogP contribution in [-0.2, 0) is 28.4 Å². The first-order valence-electron chi connectivity index (χ1n) is 10.0. The summed E-state index contributed by atoms with van der Waals surface area (Å²) < 4.78 is 37.4. The van der Waals surface area contributed by atoms with E-state index in [9.17, 15) is 0 Å². The van der Waals surface area contributed by atoms with Crippen molar-refractivity contribution in [2.45, 2.75) is 37.7 Å². The zero-order chi connectivity index (χ0) is 19.7. The zero-order valence-electron chi connectivity index (χ0n) is 15.8. The first kappa shape index (κ1) is 17.1. The Morgan fingerprint density at radius 3 is 0.633 bits per heavy atom. The lowest BCUT2D eigenvalue weighted by Crippen LogP contribution is -2.15. The van der Waals surface area contributed by atoms with Crippen LogP contribution in [0.3, 0.4) is 0 Å². The molecule has 4 aliphatic heterocycles. The van der Waals surface area contributed by atoms with Gasteiger partial charge in [0.2, 0.25) is 0 Å². The summed E-state index contributed by atoms with van der Waals surface area (Å²) in [6, 6.07) is 23.7. The Labute approximate surface area is 172 Å². The van der Waals surface area contributed by atoms with Gasteiger partial charge in [0, 0.05) is 33.4 Å². The van der Waals surface area contributed by atoms with Crippen LogP contribution in [0, 0.1) is 0 Å². The van der Waals surface area contributed by atoms with Gasteiger partial charge in [-0.15, -0.1) is 0 Å². The standard InChI is InChI=1S/C24H18O6/c1-2-8-14-13(7-1)19-25-20(14)29-22-17-11-5-6-12-18(17)24(27-22)30-23-16-10-4-3-9-15(16)21(26-23)28-19/h1-12,19-24H. The fraction of sp³-hybridized carbons (Fsp3) is 0.250. The Bertz CT molecular complexity index is 907. The van der Waals surface area contributed by atoms with Crippen molar-refractivity contribution in [3.63, 3.8) is 0 Å². The number of benzene rings is 3. The molecule has 3 aromatic carbocycles.